The number of benzene rings is 1. The highest BCUT2D eigenvalue weighted by Crippen LogP contribution is 2.02. The van der Waals surface area contributed by atoms with E-state index in [2.05, 4.69) is 22.5 Å². The van der Waals surface area contributed by atoms with Crippen LogP contribution in [0.4, 0.5) is 4.79 Å². The minimum absolute atomic E-state index is 0.0937. The molecule has 1 rings (SSSR count). The number of nitrogens with one attached hydrogen (secondary N) is 2. The Bertz CT molecular complexity index is 674. The lowest BCUT2D eigenvalue weighted by Gasteiger charge is -2.18. The summed E-state index contributed by atoms with van der Waals surface area (Å²) in [5.74, 6) is 4.66. The molecule has 7 nitrogen and oxygen atoms in total. The number of ether oxygens (including phenoxy) is 3. The van der Waals surface area contributed by atoms with Gasteiger partial charge in [0.15, 0.2) is 0 Å². The zero-order valence-corrected chi connectivity index (χ0v) is 17.2. The van der Waals surface area contributed by atoms with Crippen molar-refractivity contribution in [2.45, 2.75) is 38.3 Å². The van der Waals surface area contributed by atoms with Crippen molar-refractivity contribution in [1.82, 2.24) is 10.6 Å². The third-order valence-corrected chi connectivity index (χ3v) is 3.94. The smallest absolute Gasteiger partial charge is 0.407 e. The summed E-state index contributed by atoms with van der Waals surface area (Å²) in [4.78, 5) is 23.7. The van der Waals surface area contributed by atoms with Crippen LogP contribution in [0.15, 0.2) is 30.3 Å². The second-order valence-electron chi connectivity index (χ2n) is 6.50. The van der Waals surface area contributed by atoms with Gasteiger partial charge in [0, 0.05) is 13.0 Å². The predicted molar refractivity (Wildman–Crippen MR) is 114 cm³/mol. The molecule has 0 saturated heterocycles. The maximum absolute atomic E-state index is 12.1. The predicted octanol–water partition coefficient (Wildman–Crippen LogP) is 2.26. The highest BCUT2D eigenvalue weighted by atomic mass is 16.5. The van der Waals surface area contributed by atoms with Crippen LogP contribution in [0.25, 0.3) is 0 Å². The Hall–Kier alpha value is -3.00. The molecule has 1 aromatic rings. The maximum atomic E-state index is 12.1. The first-order valence-electron chi connectivity index (χ1n) is 9.92. The Balaban J connectivity index is 2.10. The van der Waals surface area contributed by atoms with Gasteiger partial charge in [0.2, 0.25) is 5.91 Å². The van der Waals surface area contributed by atoms with E-state index in [9.17, 15) is 9.59 Å². The van der Waals surface area contributed by atoms with Crippen LogP contribution in [0.1, 0.15) is 31.2 Å². The number of carbonyl (C=O) groups is 2. The standard InChI is InChI=1S/C23H30N2O5/c1-3-15-28-18-21(19-29-16-4-2)25-22(26)13-9-6-10-14-24-23(27)30-17-20-11-7-5-8-12-20/h1-2,5,7-8,11-12,21H,6,9-10,13-19H2,(H,24,27)(H,25,26). The number of alkyl carbamates (subject to hydrolysis) is 1. The molecule has 2 amide bonds. The molecular weight excluding hydrogens is 384 g/mol. The molecule has 0 aliphatic heterocycles. The van der Waals surface area contributed by atoms with Gasteiger partial charge in [0.25, 0.3) is 0 Å². The van der Waals surface area contributed by atoms with Crippen molar-refractivity contribution in [3.63, 3.8) is 0 Å². The van der Waals surface area contributed by atoms with Gasteiger partial charge in [-0.1, -0.05) is 48.6 Å². The summed E-state index contributed by atoms with van der Waals surface area (Å²) in [6.45, 7) is 1.59. The zero-order valence-electron chi connectivity index (χ0n) is 17.2. The van der Waals surface area contributed by atoms with Crippen LogP contribution in [0.5, 0.6) is 0 Å². The molecule has 162 valence electrons. The van der Waals surface area contributed by atoms with Gasteiger partial charge in [0.05, 0.1) is 19.3 Å². The average Bonchev–Trinajstić information content (AvgIpc) is 2.75. The molecule has 0 atom stereocenters. The Morgan fingerprint density at radius 2 is 1.63 bits per heavy atom. The molecule has 2 N–H and O–H groups in total. The summed E-state index contributed by atoms with van der Waals surface area (Å²) in [6, 6.07) is 9.18. The van der Waals surface area contributed by atoms with E-state index in [1.165, 1.54) is 0 Å². The first-order valence-corrected chi connectivity index (χ1v) is 9.92. The number of rotatable bonds is 15. The van der Waals surface area contributed by atoms with Gasteiger partial charge in [-0.25, -0.2) is 4.79 Å². The van der Waals surface area contributed by atoms with Crippen LogP contribution in [-0.2, 0) is 25.6 Å². The third kappa shape index (κ3) is 13.2. The van der Waals surface area contributed by atoms with E-state index in [0.29, 0.717) is 19.4 Å². The molecule has 0 aliphatic rings. The van der Waals surface area contributed by atoms with Crippen molar-refractivity contribution in [1.29, 1.82) is 0 Å². The van der Waals surface area contributed by atoms with Crippen molar-refractivity contribution in [3.8, 4) is 24.7 Å². The summed E-state index contributed by atoms with van der Waals surface area (Å²) < 4.78 is 15.7. The fourth-order valence-corrected chi connectivity index (χ4v) is 2.50. The molecule has 0 bridgehead atoms. The van der Waals surface area contributed by atoms with E-state index in [-0.39, 0.29) is 45.0 Å². The normalized spacial score (nSPS) is 10.1. The maximum Gasteiger partial charge on any atom is 0.407 e. The summed E-state index contributed by atoms with van der Waals surface area (Å²) in [7, 11) is 0. The molecule has 0 radical (unpaired) electrons. The van der Waals surface area contributed by atoms with Gasteiger partial charge in [-0.05, 0) is 18.4 Å². The SMILES string of the molecule is C#CCOCC(COCC#C)NC(=O)CCCCCNC(=O)OCc1ccccc1. The van der Waals surface area contributed by atoms with Crippen LogP contribution in [-0.4, -0.2) is 51.0 Å². The van der Waals surface area contributed by atoms with E-state index in [4.69, 9.17) is 27.1 Å². The largest absolute Gasteiger partial charge is 0.445 e. The fraction of sp³-hybridized carbons (Fsp3) is 0.478. The van der Waals surface area contributed by atoms with Crippen molar-refractivity contribution in [3.05, 3.63) is 35.9 Å². The number of hydrogen-bond donors (Lipinski definition) is 2. The van der Waals surface area contributed by atoms with Gasteiger partial charge in [-0.3, -0.25) is 4.79 Å². The molecule has 0 spiro atoms. The highest BCUT2D eigenvalue weighted by molar-refractivity contribution is 5.76. The quantitative estimate of drug-likeness (QED) is 0.340. The Labute approximate surface area is 178 Å². The molecule has 0 heterocycles. The fourth-order valence-electron chi connectivity index (χ4n) is 2.50. The van der Waals surface area contributed by atoms with E-state index in [0.717, 1.165) is 18.4 Å². The number of hydrogen-bond acceptors (Lipinski definition) is 5. The number of terminal acetylenes is 2. The minimum atomic E-state index is -0.446. The average molecular weight is 415 g/mol. The van der Waals surface area contributed by atoms with Gasteiger partial charge < -0.3 is 24.8 Å². The topological polar surface area (TPSA) is 85.9 Å². The Kier molecular flexibility index (Phi) is 14.1. The van der Waals surface area contributed by atoms with Gasteiger partial charge in [-0.15, -0.1) is 12.8 Å². The van der Waals surface area contributed by atoms with Crippen LogP contribution < -0.4 is 10.6 Å². The number of amides is 2. The van der Waals surface area contributed by atoms with Crippen molar-refractivity contribution >= 4 is 12.0 Å². The monoisotopic (exact) mass is 414 g/mol. The van der Waals surface area contributed by atoms with E-state index < -0.39 is 6.09 Å². The molecule has 1 aromatic carbocycles. The minimum Gasteiger partial charge on any atom is -0.445 e. The first-order chi connectivity index (χ1) is 14.7. The lowest BCUT2D eigenvalue weighted by Crippen LogP contribution is -2.41. The van der Waals surface area contributed by atoms with E-state index >= 15 is 0 Å². The summed E-state index contributed by atoms with van der Waals surface area (Å²) in [5, 5.41) is 5.56. The molecule has 30 heavy (non-hydrogen) atoms. The van der Waals surface area contributed by atoms with Crippen LogP contribution in [0, 0.1) is 24.7 Å². The van der Waals surface area contributed by atoms with Crippen LogP contribution in [0.2, 0.25) is 0 Å². The highest BCUT2D eigenvalue weighted by Gasteiger charge is 2.12. The second-order valence-corrected chi connectivity index (χ2v) is 6.50. The lowest BCUT2D eigenvalue weighted by atomic mass is 10.2. The van der Waals surface area contributed by atoms with Crippen molar-refractivity contribution in [2.75, 3.05) is 33.0 Å². The van der Waals surface area contributed by atoms with Crippen LogP contribution >= 0.6 is 0 Å². The van der Waals surface area contributed by atoms with Gasteiger partial charge in [-0.2, -0.15) is 0 Å². The Morgan fingerprint density at radius 1 is 0.967 bits per heavy atom. The van der Waals surface area contributed by atoms with Crippen molar-refractivity contribution < 1.29 is 23.8 Å². The summed E-state index contributed by atoms with van der Waals surface area (Å²) in [5.41, 5.74) is 0.936. The Morgan fingerprint density at radius 3 is 2.27 bits per heavy atom. The first kappa shape index (κ1) is 25.0. The van der Waals surface area contributed by atoms with E-state index in [1.807, 2.05) is 30.3 Å². The van der Waals surface area contributed by atoms with Crippen molar-refractivity contribution in [2.24, 2.45) is 0 Å². The number of unbranched alkanes of at least 4 members (excludes halogenated alkanes) is 2. The molecule has 0 unspecified atom stereocenters. The third-order valence-electron chi connectivity index (χ3n) is 3.94. The molecule has 7 heteroatoms. The second kappa shape index (κ2) is 16.9. The lowest BCUT2D eigenvalue weighted by molar-refractivity contribution is -0.122. The molecule has 0 fully saturated rings. The summed E-state index contributed by atoms with van der Waals surface area (Å²) in [6.07, 6.45) is 12.5. The molecule has 0 saturated carbocycles. The van der Waals surface area contributed by atoms with Gasteiger partial charge in [0.1, 0.15) is 19.8 Å². The molecular formula is C23H30N2O5. The molecule has 0 aromatic heterocycles. The number of carbonyl (C=O) groups excluding carboxylic acids is 2. The van der Waals surface area contributed by atoms with Gasteiger partial charge >= 0.3 is 6.09 Å². The summed E-state index contributed by atoms with van der Waals surface area (Å²) >= 11 is 0. The van der Waals surface area contributed by atoms with Crippen LogP contribution in [0.3, 0.4) is 0 Å². The van der Waals surface area contributed by atoms with E-state index in [1.54, 1.807) is 0 Å². The molecule has 0 aliphatic carbocycles. The zero-order chi connectivity index (χ0) is 21.9.